The van der Waals surface area contributed by atoms with Crippen LogP contribution >= 0.6 is 39.1 Å². The molecule has 1 aromatic rings. The highest BCUT2D eigenvalue weighted by Gasteiger charge is 2.21. The molecule has 1 rings (SSSR count). The largest absolute Gasteiger partial charge is 0.465 e. The molecule has 0 aliphatic rings. The number of esters is 1. The van der Waals surface area contributed by atoms with E-state index in [0.717, 1.165) is 4.47 Å². The van der Waals surface area contributed by atoms with Gasteiger partial charge in [0.15, 0.2) is 5.38 Å². The molecule has 82 valence electrons. The normalized spacial score (nSPS) is 12.3. The van der Waals surface area contributed by atoms with Crippen molar-refractivity contribution in [3.8, 4) is 0 Å². The van der Waals surface area contributed by atoms with Crippen molar-refractivity contribution in [1.29, 1.82) is 0 Å². The summed E-state index contributed by atoms with van der Waals surface area (Å²) in [6, 6.07) is 5.16. The lowest BCUT2D eigenvalue weighted by atomic mass is 10.1. The van der Waals surface area contributed by atoms with Crippen LogP contribution in [-0.4, -0.2) is 12.6 Å². The van der Waals surface area contributed by atoms with Gasteiger partial charge in [-0.05, 0) is 25.1 Å². The Bertz CT molecular complexity index is 368. The summed E-state index contributed by atoms with van der Waals surface area (Å²) in [7, 11) is 0. The van der Waals surface area contributed by atoms with Crippen molar-refractivity contribution < 1.29 is 9.53 Å². The van der Waals surface area contributed by atoms with Crippen LogP contribution in [0.5, 0.6) is 0 Å². The first kappa shape index (κ1) is 12.8. The van der Waals surface area contributed by atoms with Gasteiger partial charge >= 0.3 is 5.97 Å². The molecule has 15 heavy (non-hydrogen) atoms. The van der Waals surface area contributed by atoms with Crippen LogP contribution in [0.15, 0.2) is 22.7 Å². The molecule has 0 aliphatic heterocycles. The third-order valence-electron chi connectivity index (χ3n) is 1.72. The molecule has 1 aromatic carbocycles. The Hall–Kier alpha value is -0.250. The van der Waals surface area contributed by atoms with Crippen molar-refractivity contribution in [2.45, 2.75) is 12.3 Å². The summed E-state index contributed by atoms with van der Waals surface area (Å²) < 4.78 is 5.62. The number of carbonyl (C=O) groups is 1. The number of halogens is 3. The Balaban J connectivity index is 2.94. The second-order valence-corrected chi connectivity index (χ2v) is 4.54. The lowest BCUT2D eigenvalue weighted by molar-refractivity contribution is -0.142. The zero-order valence-corrected chi connectivity index (χ0v) is 11.1. The van der Waals surface area contributed by atoms with Crippen LogP contribution in [0.4, 0.5) is 0 Å². The van der Waals surface area contributed by atoms with Crippen LogP contribution in [0.3, 0.4) is 0 Å². The summed E-state index contributed by atoms with van der Waals surface area (Å²) in [4.78, 5) is 11.4. The highest BCUT2D eigenvalue weighted by atomic mass is 79.9. The van der Waals surface area contributed by atoms with E-state index in [1.54, 1.807) is 25.1 Å². The maximum absolute atomic E-state index is 11.4. The molecule has 0 aliphatic carbocycles. The van der Waals surface area contributed by atoms with Crippen molar-refractivity contribution in [2.24, 2.45) is 0 Å². The molecule has 5 heteroatoms. The number of hydrogen-bond acceptors (Lipinski definition) is 2. The first-order valence-electron chi connectivity index (χ1n) is 4.32. The van der Waals surface area contributed by atoms with Gasteiger partial charge in [-0.25, -0.2) is 0 Å². The number of hydrogen-bond donors (Lipinski definition) is 0. The number of ether oxygens (including phenoxy) is 1. The van der Waals surface area contributed by atoms with Crippen LogP contribution in [0, 0.1) is 0 Å². The number of alkyl halides is 1. The Morgan fingerprint density at radius 1 is 1.60 bits per heavy atom. The van der Waals surface area contributed by atoms with Crippen molar-refractivity contribution in [3.05, 3.63) is 33.3 Å². The molecule has 0 bridgehead atoms. The van der Waals surface area contributed by atoms with Crippen molar-refractivity contribution in [3.63, 3.8) is 0 Å². The minimum absolute atomic E-state index is 0.299. The summed E-state index contributed by atoms with van der Waals surface area (Å²) in [6.45, 7) is 2.03. The fourth-order valence-electron chi connectivity index (χ4n) is 1.05. The molecular formula is C10H9BrCl2O2. The third kappa shape index (κ3) is 3.37. The maximum Gasteiger partial charge on any atom is 0.328 e. The lowest BCUT2D eigenvalue weighted by Gasteiger charge is -2.10. The van der Waals surface area contributed by atoms with E-state index in [-0.39, 0.29) is 0 Å². The van der Waals surface area contributed by atoms with Gasteiger partial charge in [0.2, 0.25) is 0 Å². The lowest BCUT2D eigenvalue weighted by Crippen LogP contribution is -2.11. The van der Waals surface area contributed by atoms with E-state index in [9.17, 15) is 4.79 Å². The SMILES string of the molecule is CCOC(=O)C(Cl)c1cc(Br)ccc1Cl. The van der Waals surface area contributed by atoms with Crippen molar-refractivity contribution in [2.75, 3.05) is 6.61 Å². The summed E-state index contributed by atoms with van der Waals surface area (Å²) >= 11 is 15.1. The van der Waals surface area contributed by atoms with Gasteiger partial charge in [-0.15, -0.1) is 11.6 Å². The Morgan fingerprint density at radius 3 is 2.87 bits per heavy atom. The first-order valence-corrected chi connectivity index (χ1v) is 5.92. The highest BCUT2D eigenvalue weighted by Crippen LogP contribution is 2.31. The molecule has 0 radical (unpaired) electrons. The minimum Gasteiger partial charge on any atom is -0.465 e. The summed E-state index contributed by atoms with van der Waals surface area (Å²) in [5.41, 5.74) is 0.547. The van der Waals surface area contributed by atoms with Crippen LogP contribution < -0.4 is 0 Å². The van der Waals surface area contributed by atoms with Gasteiger partial charge in [-0.3, -0.25) is 4.79 Å². The molecule has 0 fully saturated rings. The zero-order valence-electron chi connectivity index (χ0n) is 7.97. The quantitative estimate of drug-likeness (QED) is 0.624. The maximum atomic E-state index is 11.4. The molecule has 0 aromatic heterocycles. The Labute approximate surface area is 107 Å². The molecule has 0 N–H and O–H groups in total. The molecule has 0 spiro atoms. The summed E-state index contributed by atoms with van der Waals surface area (Å²) in [6.07, 6.45) is 0. The number of benzene rings is 1. The fourth-order valence-corrected chi connectivity index (χ4v) is 1.96. The van der Waals surface area contributed by atoms with Gasteiger partial charge in [0.1, 0.15) is 0 Å². The van der Waals surface area contributed by atoms with Gasteiger partial charge in [-0.1, -0.05) is 27.5 Å². The van der Waals surface area contributed by atoms with Gasteiger partial charge in [0.05, 0.1) is 6.61 Å². The predicted octanol–water partition coefficient (Wildman–Crippen LogP) is 3.95. The smallest absolute Gasteiger partial charge is 0.328 e. The van der Waals surface area contributed by atoms with Crippen LogP contribution in [0.25, 0.3) is 0 Å². The van der Waals surface area contributed by atoms with Crippen LogP contribution in [0.1, 0.15) is 17.9 Å². The molecule has 0 amide bonds. The summed E-state index contributed by atoms with van der Waals surface area (Å²) in [5.74, 6) is -0.487. The van der Waals surface area contributed by atoms with Crippen LogP contribution in [0.2, 0.25) is 5.02 Å². The molecule has 1 atom stereocenters. The Kier molecular flexibility index (Phi) is 4.90. The fraction of sp³-hybridized carbons (Fsp3) is 0.300. The van der Waals surface area contributed by atoms with E-state index >= 15 is 0 Å². The predicted molar refractivity (Wildman–Crippen MR) is 64.4 cm³/mol. The zero-order chi connectivity index (χ0) is 11.4. The number of carbonyl (C=O) groups excluding carboxylic acids is 1. The molecule has 0 saturated heterocycles. The van der Waals surface area contributed by atoms with Crippen molar-refractivity contribution in [1.82, 2.24) is 0 Å². The van der Waals surface area contributed by atoms with E-state index in [0.29, 0.717) is 17.2 Å². The standard InChI is InChI=1S/C10H9BrCl2O2/c1-2-15-10(14)9(13)7-5-6(11)3-4-8(7)12/h3-5,9H,2H2,1H3. The van der Waals surface area contributed by atoms with E-state index in [2.05, 4.69) is 15.9 Å². The first-order chi connectivity index (χ1) is 7.06. The molecular weight excluding hydrogens is 303 g/mol. The van der Waals surface area contributed by atoms with Gasteiger partial charge in [-0.2, -0.15) is 0 Å². The minimum atomic E-state index is -0.866. The summed E-state index contributed by atoms with van der Waals surface area (Å²) in [5, 5.41) is -0.416. The molecule has 1 unspecified atom stereocenters. The monoisotopic (exact) mass is 310 g/mol. The molecule has 0 saturated carbocycles. The molecule has 2 nitrogen and oxygen atoms in total. The van der Waals surface area contributed by atoms with E-state index < -0.39 is 11.3 Å². The Morgan fingerprint density at radius 2 is 2.27 bits per heavy atom. The van der Waals surface area contributed by atoms with E-state index in [1.165, 1.54) is 0 Å². The average molecular weight is 312 g/mol. The van der Waals surface area contributed by atoms with Gasteiger partial charge in [0.25, 0.3) is 0 Å². The van der Waals surface area contributed by atoms with Crippen molar-refractivity contribution >= 4 is 45.1 Å². The highest BCUT2D eigenvalue weighted by molar-refractivity contribution is 9.10. The average Bonchev–Trinajstić information content (AvgIpc) is 2.21. The molecule has 0 heterocycles. The topological polar surface area (TPSA) is 26.3 Å². The van der Waals surface area contributed by atoms with E-state index in [4.69, 9.17) is 27.9 Å². The van der Waals surface area contributed by atoms with E-state index in [1.807, 2.05) is 0 Å². The third-order valence-corrected chi connectivity index (χ3v) is 2.98. The number of rotatable bonds is 3. The van der Waals surface area contributed by atoms with Crippen LogP contribution in [-0.2, 0) is 9.53 Å². The second kappa shape index (κ2) is 5.73. The van der Waals surface area contributed by atoms with Gasteiger partial charge in [0, 0.05) is 15.1 Å². The van der Waals surface area contributed by atoms with Gasteiger partial charge < -0.3 is 4.74 Å². The second-order valence-electron chi connectivity index (χ2n) is 2.78.